The smallest absolute Gasteiger partial charge is 0.264 e. The van der Waals surface area contributed by atoms with Crippen LogP contribution in [0.3, 0.4) is 0 Å². The Kier molecular flexibility index (Phi) is 6.81. The standard InChI is InChI=1S/C25H28N2O3S/c1-5-19-11-8-12-20(6-2)24(19)26-25(28)21-13-9-15-23(17-21)31(29,30)27(4)22-14-7-10-18(3)16-22/h7-17H,5-6H2,1-4H3,(H,26,28). The number of nitrogens with zero attached hydrogens (tertiary/aromatic N) is 1. The summed E-state index contributed by atoms with van der Waals surface area (Å²) in [5.74, 6) is -0.328. The van der Waals surface area contributed by atoms with Gasteiger partial charge in [0.15, 0.2) is 0 Å². The van der Waals surface area contributed by atoms with E-state index in [1.165, 1.54) is 23.5 Å². The molecular formula is C25H28N2O3S. The maximum Gasteiger partial charge on any atom is 0.264 e. The molecular weight excluding hydrogens is 408 g/mol. The van der Waals surface area contributed by atoms with Gasteiger partial charge in [-0.2, -0.15) is 0 Å². The van der Waals surface area contributed by atoms with Crippen molar-refractivity contribution in [3.05, 3.63) is 89.0 Å². The molecule has 0 aliphatic carbocycles. The minimum atomic E-state index is -3.81. The second-order valence-electron chi connectivity index (χ2n) is 7.45. The number of anilines is 2. The first-order valence-corrected chi connectivity index (χ1v) is 11.8. The van der Waals surface area contributed by atoms with Crippen LogP contribution in [0.4, 0.5) is 11.4 Å². The van der Waals surface area contributed by atoms with Crippen molar-refractivity contribution < 1.29 is 13.2 Å². The summed E-state index contributed by atoms with van der Waals surface area (Å²) >= 11 is 0. The minimum absolute atomic E-state index is 0.0728. The van der Waals surface area contributed by atoms with Crippen LogP contribution >= 0.6 is 0 Å². The lowest BCUT2D eigenvalue weighted by atomic mass is 10.0. The molecule has 1 N–H and O–H groups in total. The van der Waals surface area contributed by atoms with Crippen LogP contribution in [0.25, 0.3) is 0 Å². The summed E-state index contributed by atoms with van der Waals surface area (Å²) in [6.07, 6.45) is 1.58. The Bertz CT molecular complexity index is 1180. The van der Waals surface area contributed by atoms with Crippen molar-refractivity contribution in [3.63, 3.8) is 0 Å². The molecule has 0 bridgehead atoms. The highest BCUT2D eigenvalue weighted by atomic mass is 32.2. The van der Waals surface area contributed by atoms with E-state index in [4.69, 9.17) is 0 Å². The normalized spacial score (nSPS) is 11.2. The Labute approximate surface area is 184 Å². The van der Waals surface area contributed by atoms with E-state index in [2.05, 4.69) is 5.32 Å². The Balaban J connectivity index is 1.92. The highest BCUT2D eigenvalue weighted by Crippen LogP contribution is 2.26. The average Bonchev–Trinajstić information content (AvgIpc) is 2.78. The highest BCUT2D eigenvalue weighted by molar-refractivity contribution is 7.92. The van der Waals surface area contributed by atoms with Crippen molar-refractivity contribution in [2.24, 2.45) is 0 Å². The number of rotatable bonds is 7. The summed E-state index contributed by atoms with van der Waals surface area (Å²) in [6.45, 7) is 5.99. The monoisotopic (exact) mass is 436 g/mol. The molecule has 0 fully saturated rings. The molecule has 1 amide bonds. The van der Waals surface area contributed by atoms with Crippen molar-refractivity contribution in [1.29, 1.82) is 0 Å². The number of para-hydroxylation sites is 1. The zero-order chi connectivity index (χ0) is 22.6. The van der Waals surface area contributed by atoms with E-state index >= 15 is 0 Å². The molecule has 3 aromatic rings. The van der Waals surface area contributed by atoms with Crippen LogP contribution in [0.15, 0.2) is 71.6 Å². The molecule has 0 saturated carbocycles. The molecule has 5 nitrogen and oxygen atoms in total. The van der Waals surface area contributed by atoms with E-state index < -0.39 is 10.0 Å². The SMILES string of the molecule is CCc1cccc(CC)c1NC(=O)c1cccc(S(=O)(=O)N(C)c2cccc(C)c2)c1. The molecule has 0 aliphatic rings. The average molecular weight is 437 g/mol. The topological polar surface area (TPSA) is 66.5 Å². The van der Waals surface area contributed by atoms with Crippen molar-refractivity contribution in [1.82, 2.24) is 0 Å². The van der Waals surface area contributed by atoms with Crippen LogP contribution < -0.4 is 9.62 Å². The fourth-order valence-electron chi connectivity index (χ4n) is 3.51. The molecule has 0 spiro atoms. The zero-order valence-corrected chi connectivity index (χ0v) is 19.2. The van der Waals surface area contributed by atoms with Gasteiger partial charge in [-0.05, 0) is 66.8 Å². The van der Waals surface area contributed by atoms with Gasteiger partial charge in [-0.1, -0.05) is 50.2 Å². The Morgan fingerprint density at radius 2 is 1.52 bits per heavy atom. The number of hydrogen-bond donors (Lipinski definition) is 1. The van der Waals surface area contributed by atoms with Gasteiger partial charge in [0.25, 0.3) is 15.9 Å². The molecule has 31 heavy (non-hydrogen) atoms. The minimum Gasteiger partial charge on any atom is -0.321 e. The predicted molar refractivity (Wildman–Crippen MR) is 126 cm³/mol. The zero-order valence-electron chi connectivity index (χ0n) is 18.3. The molecule has 3 rings (SSSR count). The summed E-state index contributed by atoms with van der Waals surface area (Å²) in [6, 6.07) is 19.4. The number of carbonyl (C=O) groups is 1. The first-order valence-electron chi connectivity index (χ1n) is 10.4. The van der Waals surface area contributed by atoms with Gasteiger partial charge in [-0.25, -0.2) is 8.42 Å². The van der Waals surface area contributed by atoms with Crippen LogP contribution in [0.2, 0.25) is 0 Å². The van der Waals surface area contributed by atoms with E-state index in [0.29, 0.717) is 11.3 Å². The third-order valence-electron chi connectivity index (χ3n) is 5.36. The fourth-order valence-corrected chi connectivity index (χ4v) is 4.74. The molecule has 0 aliphatic heterocycles. The molecule has 0 atom stereocenters. The largest absolute Gasteiger partial charge is 0.321 e. The molecule has 3 aromatic carbocycles. The van der Waals surface area contributed by atoms with Crippen LogP contribution in [0.1, 0.15) is 40.9 Å². The van der Waals surface area contributed by atoms with Gasteiger partial charge in [0.2, 0.25) is 0 Å². The van der Waals surface area contributed by atoms with Crippen molar-refractivity contribution >= 4 is 27.3 Å². The molecule has 0 aromatic heterocycles. The van der Waals surface area contributed by atoms with Gasteiger partial charge in [0.05, 0.1) is 10.6 Å². The predicted octanol–water partition coefficient (Wildman–Crippen LogP) is 5.20. The van der Waals surface area contributed by atoms with Gasteiger partial charge in [0.1, 0.15) is 0 Å². The van der Waals surface area contributed by atoms with Crippen molar-refractivity contribution in [3.8, 4) is 0 Å². The Morgan fingerprint density at radius 3 is 2.13 bits per heavy atom. The lowest BCUT2D eigenvalue weighted by Crippen LogP contribution is -2.27. The van der Waals surface area contributed by atoms with Gasteiger partial charge in [-0.15, -0.1) is 0 Å². The first-order chi connectivity index (χ1) is 14.8. The van der Waals surface area contributed by atoms with Crippen LogP contribution in [0.5, 0.6) is 0 Å². The summed E-state index contributed by atoms with van der Waals surface area (Å²) in [5, 5.41) is 3.00. The third-order valence-corrected chi connectivity index (χ3v) is 7.14. The van der Waals surface area contributed by atoms with E-state index in [0.717, 1.165) is 35.2 Å². The number of aryl methyl sites for hydroxylation is 3. The summed E-state index contributed by atoms with van der Waals surface area (Å²) in [7, 11) is -2.29. The number of amides is 1. The van der Waals surface area contributed by atoms with Gasteiger partial charge in [0, 0.05) is 18.3 Å². The maximum absolute atomic E-state index is 13.2. The second-order valence-corrected chi connectivity index (χ2v) is 9.42. The van der Waals surface area contributed by atoms with Gasteiger partial charge >= 0.3 is 0 Å². The summed E-state index contributed by atoms with van der Waals surface area (Å²) < 4.78 is 27.6. The van der Waals surface area contributed by atoms with Crippen molar-refractivity contribution in [2.75, 3.05) is 16.7 Å². The van der Waals surface area contributed by atoms with Gasteiger partial charge < -0.3 is 5.32 Å². The number of benzene rings is 3. The third kappa shape index (κ3) is 4.80. The van der Waals surface area contributed by atoms with E-state index in [-0.39, 0.29) is 10.8 Å². The molecule has 0 heterocycles. The molecule has 6 heteroatoms. The quantitative estimate of drug-likeness (QED) is 0.554. The van der Waals surface area contributed by atoms with E-state index in [1.54, 1.807) is 18.2 Å². The number of hydrogen-bond acceptors (Lipinski definition) is 3. The molecule has 0 radical (unpaired) electrons. The number of nitrogens with one attached hydrogen (secondary N) is 1. The Morgan fingerprint density at radius 1 is 0.903 bits per heavy atom. The second kappa shape index (κ2) is 9.35. The van der Waals surface area contributed by atoms with E-state index in [1.807, 2.05) is 57.2 Å². The molecule has 162 valence electrons. The fraction of sp³-hybridized carbons (Fsp3) is 0.240. The highest BCUT2D eigenvalue weighted by Gasteiger charge is 2.23. The van der Waals surface area contributed by atoms with Crippen LogP contribution in [-0.2, 0) is 22.9 Å². The maximum atomic E-state index is 13.2. The summed E-state index contributed by atoms with van der Waals surface area (Å²) in [5.41, 5.74) is 4.74. The van der Waals surface area contributed by atoms with Gasteiger partial charge in [-0.3, -0.25) is 9.10 Å². The molecule has 0 unspecified atom stereocenters. The summed E-state index contributed by atoms with van der Waals surface area (Å²) in [4.78, 5) is 13.1. The molecule has 0 saturated heterocycles. The van der Waals surface area contributed by atoms with Crippen LogP contribution in [-0.4, -0.2) is 21.4 Å². The van der Waals surface area contributed by atoms with Crippen LogP contribution in [0, 0.1) is 6.92 Å². The lowest BCUT2D eigenvalue weighted by molar-refractivity contribution is 0.102. The van der Waals surface area contributed by atoms with E-state index in [9.17, 15) is 13.2 Å². The Hall–Kier alpha value is -3.12. The first kappa shape index (κ1) is 22.6. The van der Waals surface area contributed by atoms with Crippen molar-refractivity contribution in [2.45, 2.75) is 38.5 Å². The number of sulfonamides is 1. The lowest BCUT2D eigenvalue weighted by Gasteiger charge is -2.20. The number of carbonyl (C=O) groups excluding carboxylic acids is 1.